The highest BCUT2D eigenvalue weighted by Gasteiger charge is 2.49. The van der Waals surface area contributed by atoms with Gasteiger partial charge >= 0.3 is 0 Å². The van der Waals surface area contributed by atoms with Crippen LogP contribution in [-0.4, -0.2) is 10.9 Å². The Morgan fingerprint density at radius 3 is 3.07 bits per heavy atom. The van der Waals surface area contributed by atoms with E-state index in [1.165, 1.54) is 18.4 Å². The average molecular weight is 251 g/mol. The first-order valence-corrected chi connectivity index (χ1v) is 8.57. The van der Waals surface area contributed by atoms with Crippen LogP contribution in [0.3, 0.4) is 0 Å². The number of rotatable bonds is 1. The number of fused-ring (bicyclic) bond motifs is 1. The van der Waals surface area contributed by atoms with Gasteiger partial charge in [-0.1, -0.05) is 34.8 Å². The first-order chi connectivity index (χ1) is 6.51. The lowest BCUT2D eigenvalue weighted by molar-refractivity contribution is 0.129. The van der Waals surface area contributed by atoms with Crippen LogP contribution in [0.2, 0.25) is 0 Å². The standard InChI is InChI=1S/C10H16ClOPS/c1-7(2)8-4-5-10(3)9(6-8)12-13(11)14-10/h8-9H,1,4-6H2,2-3H3/t8?,9-,10-,13?/m1/s1. The number of hydrogen-bond acceptors (Lipinski definition) is 2. The van der Waals surface area contributed by atoms with E-state index in [0.29, 0.717) is 12.0 Å². The Morgan fingerprint density at radius 1 is 1.71 bits per heavy atom. The molecule has 0 aromatic carbocycles. The van der Waals surface area contributed by atoms with E-state index in [1.807, 2.05) is 11.4 Å². The summed E-state index contributed by atoms with van der Waals surface area (Å²) in [6.07, 6.45) is 3.93. The fourth-order valence-electron chi connectivity index (χ4n) is 2.24. The van der Waals surface area contributed by atoms with Crippen LogP contribution in [0.5, 0.6) is 0 Å². The van der Waals surface area contributed by atoms with Crippen molar-refractivity contribution in [2.24, 2.45) is 5.92 Å². The molecule has 0 aromatic rings. The maximum Gasteiger partial charge on any atom is 0.189 e. The van der Waals surface area contributed by atoms with Crippen LogP contribution in [0.1, 0.15) is 33.1 Å². The van der Waals surface area contributed by atoms with Crippen molar-refractivity contribution in [1.29, 1.82) is 0 Å². The predicted octanol–water partition coefficient (Wildman–Crippen LogP) is 4.72. The first-order valence-electron chi connectivity index (χ1n) is 4.98. The van der Waals surface area contributed by atoms with Crippen molar-refractivity contribution < 1.29 is 4.52 Å². The molecule has 0 aromatic heterocycles. The van der Waals surface area contributed by atoms with Crippen LogP contribution >= 0.6 is 29.3 Å². The van der Waals surface area contributed by atoms with Crippen molar-refractivity contribution >= 4 is 29.3 Å². The van der Waals surface area contributed by atoms with Gasteiger partial charge in [0, 0.05) is 4.75 Å². The Morgan fingerprint density at radius 2 is 2.43 bits per heavy atom. The van der Waals surface area contributed by atoms with Crippen LogP contribution in [0.4, 0.5) is 0 Å². The van der Waals surface area contributed by atoms with Gasteiger partial charge in [-0.05, 0) is 39.0 Å². The van der Waals surface area contributed by atoms with Gasteiger partial charge in [-0.2, -0.15) is 0 Å². The van der Waals surface area contributed by atoms with Crippen LogP contribution in [-0.2, 0) is 4.52 Å². The minimum Gasteiger partial charge on any atom is -0.330 e. The highest BCUT2D eigenvalue weighted by molar-refractivity contribution is 8.62. The van der Waals surface area contributed by atoms with Gasteiger partial charge in [0.1, 0.15) is 0 Å². The molecule has 0 spiro atoms. The molecule has 0 N–H and O–H groups in total. The molecule has 80 valence electrons. The van der Waals surface area contributed by atoms with Crippen molar-refractivity contribution in [3.63, 3.8) is 0 Å². The second-order valence-corrected chi connectivity index (χ2v) is 9.34. The topological polar surface area (TPSA) is 9.23 Å². The molecule has 14 heavy (non-hydrogen) atoms. The van der Waals surface area contributed by atoms with Crippen LogP contribution < -0.4 is 0 Å². The van der Waals surface area contributed by atoms with Crippen LogP contribution in [0.25, 0.3) is 0 Å². The molecular weight excluding hydrogens is 235 g/mol. The summed E-state index contributed by atoms with van der Waals surface area (Å²) in [4.78, 5) is 0. The van der Waals surface area contributed by atoms with Gasteiger partial charge in [0.2, 0.25) is 0 Å². The molecule has 1 aliphatic carbocycles. The third-order valence-corrected chi connectivity index (χ3v) is 7.60. The fourth-order valence-corrected chi connectivity index (χ4v) is 7.43. The van der Waals surface area contributed by atoms with E-state index >= 15 is 0 Å². The summed E-state index contributed by atoms with van der Waals surface area (Å²) in [5.41, 5.74) is 1.30. The Bertz CT molecular complexity index is 261. The van der Waals surface area contributed by atoms with E-state index in [9.17, 15) is 0 Å². The van der Waals surface area contributed by atoms with E-state index in [-0.39, 0.29) is 4.75 Å². The molecule has 2 aliphatic rings. The molecule has 0 bridgehead atoms. The third-order valence-electron chi connectivity index (χ3n) is 3.36. The van der Waals surface area contributed by atoms with Crippen molar-refractivity contribution in [2.45, 2.75) is 44.0 Å². The van der Waals surface area contributed by atoms with E-state index in [0.717, 1.165) is 6.42 Å². The zero-order valence-electron chi connectivity index (χ0n) is 8.62. The lowest BCUT2D eigenvalue weighted by atomic mass is 9.77. The molecule has 2 rings (SSSR count). The molecule has 2 fully saturated rings. The first kappa shape index (κ1) is 11.3. The number of allylic oxidation sites excluding steroid dienone is 1. The summed E-state index contributed by atoms with van der Waals surface area (Å²) in [6.45, 7) is 7.72. The van der Waals surface area contributed by atoms with E-state index in [2.05, 4.69) is 20.4 Å². The summed E-state index contributed by atoms with van der Waals surface area (Å²) in [6, 6.07) is 0. The van der Waals surface area contributed by atoms with E-state index in [4.69, 9.17) is 15.8 Å². The smallest absolute Gasteiger partial charge is 0.189 e. The van der Waals surface area contributed by atoms with Gasteiger partial charge in [-0.15, -0.1) is 0 Å². The van der Waals surface area contributed by atoms with Crippen molar-refractivity contribution in [1.82, 2.24) is 0 Å². The minimum absolute atomic E-state index is 0.277. The molecule has 0 radical (unpaired) electrons. The van der Waals surface area contributed by atoms with Gasteiger partial charge in [0.15, 0.2) is 6.70 Å². The van der Waals surface area contributed by atoms with E-state index < -0.39 is 6.70 Å². The molecule has 1 saturated heterocycles. The second-order valence-electron chi connectivity index (χ2n) is 4.53. The zero-order chi connectivity index (χ0) is 10.3. The molecule has 1 aliphatic heterocycles. The summed E-state index contributed by atoms with van der Waals surface area (Å²) >= 11 is 7.93. The summed E-state index contributed by atoms with van der Waals surface area (Å²) < 4.78 is 6.08. The predicted molar refractivity (Wildman–Crippen MR) is 65.8 cm³/mol. The Kier molecular flexibility index (Phi) is 3.20. The largest absolute Gasteiger partial charge is 0.330 e. The second kappa shape index (κ2) is 3.97. The minimum atomic E-state index is -0.743. The highest BCUT2D eigenvalue weighted by Crippen LogP contribution is 2.71. The molecule has 4 atom stereocenters. The van der Waals surface area contributed by atoms with Crippen molar-refractivity contribution in [3.8, 4) is 0 Å². The average Bonchev–Trinajstić information content (AvgIpc) is 2.37. The normalized spacial score (nSPS) is 47.5. The maximum atomic E-state index is 6.09. The monoisotopic (exact) mass is 250 g/mol. The molecule has 1 nitrogen and oxygen atoms in total. The maximum absolute atomic E-state index is 6.09. The van der Waals surface area contributed by atoms with Gasteiger partial charge < -0.3 is 4.52 Å². The number of hydrogen-bond donors (Lipinski definition) is 0. The molecular formula is C10H16ClOPS. The van der Waals surface area contributed by atoms with Gasteiger partial charge in [-0.3, -0.25) is 0 Å². The van der Waals surface area contributed by atoms with Crippen LogP contribution in [0.15, 0.2) is 12.2 Å². The quantitative estimate of drug-likeness (QED) is 0.492. The Balaban J connectivity index is 2.07. The zero-order valence-corrected chi connectivity index (χ0v) is 11.1. The number of halogens is 1. The molecule has 2 unspecified atom stereocenters. The van der Waals surface area contributed by atoms with Gasteiger partial charge in [0.25, 0.3) is 0 Å². The lowest BCUT2D eigenvalue weighted by Crippen LogP contribution is -2.39. The SMILES string of the molecule is C=C(C)C1CC[C@@]2(C)SP(Cl)O[C@@H]2C1. The third kappa shape index (κ3) is 2.00. The van der Waals surface area contributed by atoms with Gasteiger partial charge in [-0.25, -0.2) is 0 Å². The molecule has 0 amide bonds. The van der Waals surface area contributed by atoms with Crippen molar-refractivity contribution in [2.75, 3.05) is 0 Å². The summed E-state index contributed by atoms with van der Waals surface area (Å²) in [5, 5.41) is 0. The fraction of sp³-hybridized carbons (Fsp3) is 0.800. The summed E-state index contributed by atoms with van der Waals surface area (Å²) in [5.74, 6) is 0.645. The Labute approximate surface area is 96.0 Å². The van der Waals surface area contributed by atoms with E-state index in [1.54, 1.807) is 0 Å². The van der Waals surface area contributed by atoms with Crippen LogP contribution in [0, 0.1) is 5.92 Å². The molecule has 4 heteroatoms. The highest BCUT2D eigenvalue weighted by atomic mass is 35.7. The van der Waals surface area contributed by atoms with Crippen molar-refractivity contribution in [3.05, 3.63) is 12.2 Å². The molecule has 1 saturated carbocycles. The van der Waals surface area contributed by atoms with Gasteiger partial charge in [0.05, 0.1) is 6.10 Å². The summed E-state index contributed by atoms with van der Waals surface area (Å²) in [7, 11) is 0. The lowest BCUT2D eigenvalue weighted by Gasteiger charge is -2.37. The Hall–Kier alpha value is 0.770. The molecule has 1 heterocycles.